The largest absolute Gasteiger partial charge is 0.393 e. The lowest BCUT2D eigenvalue weighted by Crippen LogP contribution is -2.43. The van der Waals surface area contributed by atoms with Crippen molar-refractivity contribution in [1.29, 1.82) is 0 Å². The maximum atomic E-state index is 5.82. The molecule has 2 atom stereocenters. The molecule has 4 heteroatoms. The average molecular weight is 293 g/mol. The molecule has 0 bridgehead atoms. The molecule has 2 unspecified atom stereocenters. The van der Waals surface area contributed by atoms with E-state index < -0.39 is 0 Å². The summed E-state index contributed by atoms with van der Waals surface area (Å²) in [5.74, 6) is 0. The molecule has 0 aliphatic rings. The van der Waals surface area contributed by atoms with E-state index in [-0.39, 0.29) is 6.04 Å². The van der Waals surface area contributed by atoms with Crippen LogP contribution in [0.15, 0.2) is 30.3 Å². The van der Waals surface area contributed by atoms with Crippen LogP contribution in [0.1, 0.15) is 31.9 Å². The zero-order valence-corrected chi connectivity index (χ0v) is 13.9. The molecule has 0 amide bonds. The molecule has 1 aromatic rings. The average Bonchev–Trinajstić information content (AvgIpc) is 2.38. The molecule has 2 N–H and O–H groups in total. The van der Waals surface area contributed by atoms with Crippen LogP contribution < -0.4 is 5.73 Å². The fourth-order valence-corrected chi connectivity index (χ4v) is 2.92. The van der Waals surface area contributed by atoms with Gasteiger partial charge in [0.05, 0.1) is 4.99 Å². The Morgan fingerprint density at radius 1 is 1.25 bits per heavy atom. The fraction of sp³-hybridized carbons (Fsp3) is 0.562. The van der Waals surface area contributed by atoms with E-state index in [2.05, 4.69) is 62.0 Å². The van der Waals surface area contributed by atoms with E-state index in [4.69, 9.17) is 18.0 Å². The molecule has 0 saturated heterocycles. The van der Waals surface area contributed by atoms with Gasteiger partial charge in [0.15, 0.2) is 0 Å². The van der Waals surface area contributed by atoms with E-state index in [0.717, 1.165) is 19.5 Å². The number of hydrogen-bond donors (Lipinski definition) is 1. The highest BCUT2D eigenvalue weighted by Crippen LogP contribution is 2.26. The Balaban J connectivity index is 2.98. The van der Waals surface area contributed by atoms with Crippen molar-refractivity contribution in [3.8, 4) is 0 Å². The summed E-state index contributed by atoms with van der Waals surface area (Å²) in [6.07, 6.45) is 0.727. The number of thiocarbonyl (C=S) groups is 1. The normalized spacial score (nSPS) is 14.5. The van der Waals surface area contributed by atoms with Gasteiger partial charge in [-0.05, 0) is 33.1 Å². The molecule has 3 nitrogen and oxygen atoms in total. The van der Waals surface area contributed by atoms with Crippen molar-refractivity contribution in [2.45, 2.75) is 32.4 Å². The van der Waals surface area contributed by atoms with Gasteiger partial charge < -0.3 is 10.6 Å². The second-order valence-electron chi connectivity index (χ2n) is 5.54. The summed E-state index contributed by atoms with van der Waals surface area (Å²) >= 11 is 5.15. The Hall–Kier alpha value is -0.970. The van der Waals surface area contributed by atoms with Crippen molar-refractivity contribution in [3.05, 3.63) is 35.9 Å². The molecule has 0 spiro atoms. The van der Waals surface area contributed by atoms with Crippen LogP contribution in [0.3, 0.4) is 0 Å². The third-order valence-electron chi connectivity index (χ3n) is 3.54. The van der Waals surface area contributed by atoms with Crippen molar-refractivity contribution in [3.63, 3.8) is 0 Å². The van der Waals surface area contributed by atoms with Gasteiger partial charge in [-0.3, -0.25) is 4.90 Å². The predicted octanol–water partition coefficient (Wildman–Crippen LogP) is 2.68. The molecule has 0 saturated carbocycles. The van der Waals surface area contributed by atoms with Crippen LogP contribution in [0.4, 0.5) is 0 Å². The van der Waals surface area contributed by atoms with Gasteiger partial charge in [-0.2, -0.15) is 0 Å². The number of hydrogen-bond acceptors (Lipinski definition) is 3. The van der Waals surface area contributed by atoms with Crippen LogP contribution >= 0.6 is 12.2 Å². The highest BCUT2D eigenvalue weighted by molar-refractivity contribution is 7.80. The molecule has 0 aliphatic carbocycles. The van der Waals surface area contributed by atoms with Gasteiger partial charge in [0.2, 0.25) is 0 Å². The first-order valence-electron chi connectivity index (χ1n) is 7.19. The van der Waals surface area contributed by atoms with Crippen LogP contribution in [0.5, 0.6) is 0 Å². The first kappa shape index (κ1) is 17.1. The standard InChI is InChI=1S/C16H27N3S/c1-5-19(13(2)12-18(3)4)15(11-16(17)20)14-9-7-6-8-10-14/h6-10,13,15H,5,11-12H2,1-4H3,(H2,17,20). The maximum absolute atomic E-state index is 5.82. The van der Waals surface area contributed by atoms with Crippen molar-refractivity contribution in [2.24, 2.45) is 5.73 Å². The fourth-order valence-electron chi connectivity index (χ4n) is 2.76. The Morgan fingerprint density at radius 2 is 1.85 bits per heavy atom. The first-order valence-corrected chi connectivity index (χ1v) is 7.60. The molecule has 0 aromatic heterocycles. The molecule has 1 rings (SSSR count). The number of nitrogens with two attached hydrogens (primary N) is 1. The van der Waals surface area contributed by atoms with Gasteiger partial charge in [-0.15, -0.1) is 0 Å². The Kier molecular flexibility index (Phi) is 7.13. The zero-order chi connectivity index (χ0) is 15.1. The van der Waals surface area contributed by atoms with Gasteiger partial charge in [-0.25, -0.2) is 0 Å². The molecule has 0 heterocycles. The highest BCUT2D eigenvalue weighted by Gasteiger charge is 2.24. The lowest BCUT2D eigenvalue weighted by molar-refractivity contribution is 0.130. The third-order valence-corrected chi connectivity index (χ3v) is 3.71. The highest BCUT2D eigenvalue weighted by atomic mass is 32.1. The molecule has 1 aromatic carbocycles. The summed E-state index contributed by atoms with van der Waals surface area (Å²) in [6, 6.07) is 11.2. The van der Waals surface area contributed by atoms with Crippen molar-refractivity contribution in [1.82, 2.24) is 9.80 Å². The van der Waals surface area contributed by atoms with Crippen molar-refractivity contribution < 1.29 is 0 Å². The van der Waals surface area contributed by atoms with Gasteiger partial charge in [0.1, 0.15) is 0 Å². The second kappa shape index (κ2) is 8.35. The maximum Gasteiger partial charge on any atom is 0.0746 e. The van der Waals surface area contributed by atoms with Crippen LogP contribution in [-0.4, -0.2) is 48.0 Å². The molecule has 0 aliphatic heterocycles. The van der Waals surface area contributed by atoms with Crippen molar-refractivity contribution >= 4 is 17.2 Å². The molecule has 20 heavy (non-hydrogen) atoms. The third kappa shape index (κ3) is 5.19. The minimum absolute atomic E-state index is 0.258. The predicted molar refractivity (Wildman–Crippen MR) is 91.0 cm³/mol. The molecule has 112 valence electrons. The van der Waals surface area contributed by atoms with Crippen LogP contribution in [0.2, 0.25) is 0 Å². The summed E-state index contributed by atoms with van der Waals surface area (Å²) in [5, 5.41) is 0. The molecule has 0 radical (unpaired) electrons. The molecule has 0 fully saturated rings. The SMILES string of the molecule is CCN(C(C)CN(C)C)C(CC(N)=S)c1ccccc1. The van der Waals surface area contributed by atoms with E-state index in [1.165, 1.54) is 5.56 Å². The van der Waals surface area contributed by atoms with E-state index in [1.807, 2.05) is 6.07 Å². The molecular formula is C16H27N3S. The van der Waals surface area contributed by atoms with Crippen molar-refractivity contribution in [2.75, 3.05) is 27.2 Å². The quantitative estimate of drug-likeness (QED) is 0.747. The Morgan fingerprint density at radius 3 is 2.30 bits per heavy atom. The van der Waals surface area contributed by atoms with Gasteiger partial charge in [0, 0.05) is 25.0 Å². The van der Waals surface area contributed by atoms with E-state index >= 15 is 0 Å². The Bertz CT molecular complexity index is 405. The zero-order valence-electron chi connectivity index (χ0n) is 13.0. The number of likely N-dealkylation sites (N-methyl/N-ethyl adjacent to an activating group) is 2. The number of benzene rings is 1. The number of rotatable bonds is 8. The summed E-state index contributed by atoms with van der Waals surface area (Å²) in [6.45, 7) is 6.46. The van der Waals surface area contributed by atoms with E-state index in [0.29, 0.717) is 11.0 Å². The van der Waals surface area contributed by atoms with Gasteiger partial charge >= 0.3 is 0 Å². The first-order chi connectivity index (χ1) is 9.45. The Labute approximate surface area is 128 Å². The minimum atomic E-state index is 0.258. The monoisotopic (exact) mass is 293 g/mol. The summed E-state index contributed by atoms with van der Waals surface area (Å²) in [7, 11) is 4.21. The summed E-state index contributed by atoms with van der Waals surface area (Å²) in [4.78, 5) is 5.28. The van der Waals surface area contributed by atoms with Crippen LogP contribution in [-0.2, 0) is 0 Å². The molecular weight excluding hydrogens is 266 g/mol. The lowest BCUT2D eigenvalue weighted by Gasteiger charge is -2.37. The summed E-state index contributed by atoms with van der Waals surface area (Å²) in [5.41, 5.74) is 7.10. The second-order valence-corrected chi connectivity index (χ2v) is 6.06. The van der Waals surface area contributed by atoms with Crippen LogP contribution in [0.25, 0.3) is 0 Å². The van der Waals surface area contributed by atoms with E-state index in [9.17, 15) is 0 Å². The number of nitrogens with zero attached hydrogens (tertiary/aromatic N) is 2. The smallest absolute Gasteiger partial charge is 0.0746 e. The van der Waals surface area contributed by atoms with Gasteiger partial charge in [0.25, 0.3) is 0 Å². The lowest BCUT2D eigenvalue weighted by atomic mass is 10.00. The van der Waals surface area contributed by atoms with E-state index in [1.54, 1.807) is 0 Å². The van der Waals surface area contributed by atoms with Gasteiger partial charge in [-0.1, -0.05) is 49.5 Å². The topological polar surface area (TPSA) is 32.5 Å². The summed E-state index contributed by atoms with van der Waals surface area (Å²) < 4.78 is 0. The van der Waals surface area contributed by atoms with Crippen LogP contribution in [0, 0.1) is 0 Å². The minimum Gasteiger partial charge on any atom is -0.393 e.